The number of nitrogens with two attached hydrogens (primary N) is 1. The van der Waals surface area contributed by atoms with E-state index >= 15 is 0 Å². The second kappa shape index (κ2) is 6.18. The highest BCUT2D eigenvalue weighted by Crippen LogP contribution is 2.22. The van der Waals surface area contributed by atoms with E-state index < -0.39 is 0 Å². The molecule has 1 aromatic carbocycles. The van der Waals surface area contributed by atoms with E-state index in [-0.39, 0.29) is 5.91 Å². The minimum Gasteiger partial charge on any atom is -0.352 e. The maximum Gasteiger partial charge on any atom is 0.253 e. The second-order valence-electron chi connectivity index (χ2n) is 5.72. The van der Waals surface area contributed by atoms with Crippen molar-refractivity contribution in [3.8, 4) is 0 Å². The fraction of sp³-hybridized carbons (Fsp3) is 0.438. The number of para-hydroxylation sites is 1. The summed E-state index contributed by atoms with van der Waals surface area (Å²) in [7, 11) is 0. The minimum atomic E-state index is -0.0732. The third-order valence-corrected chi connectivity index (χ3v) is 4.19. The number of rotatable bonds is 3. The van der Waals surface area contributed by atoms with Crippen LogP contribution in [0.5, 0.6) is 0 Å². The molecule has 21 heavy (non-hydrogen) atoms. The molecule has 5 heteroatoms. The summed E-state index contributed by atoms with van der Waals surface area (Å²) < 4.78 is 0. The summed E-state index contributed by atoms with van der Waals surface area (Å²) in [5.74, 6) is 0.464. The van der Waals surface area contributed by atoms with E-state index in [2.05, 4.69) is 15.3 Å². The van der Waals surface area contributed by atoms with Crippen LogP contribution in [0, 0.1) is 5.92 Å². The molecule has 1 amide bonds. The van der Waals surface area contributed by atoms with Gasteiger partial charge in [-0.2, -0.15) is 0 Å². The molecular formula is C16H20N4O. The first-order valence-electron chi connectivity index (χ1n) is 7.47. The van der Waals surface area contributed by atoms with Crippen molar-refractivity contribution in [2.75, 3.05) is 6.54 Å². The Kier molecular flexibility index (Phi) is 4.10. The maximum absolute atomic E-state index is 12.4. The van der Waals surface area contributed by atoms with Crippen LogP contribution in [0.25, 0.3) is 11.0 Å². The van der Waals surface area contributed by atoms with Crippen LogP contribution in [0.4, 0.5) is 0 Å². The third-order valence-electron chi connectivity index (χ3n) is 4.19. The Balaban J connectivity index is 1.67. The number of fused-ring (bicyclic) bond motifs is 1. The zero-order chi connectivity index (χ0) is 14.7. The van der Waals surface area contributed by atoms with Crippen LogP contribution >= 0.6 is 0 Å². The Labute approximate surface area is 124 Å². The van der Waals surface area contributed by atoms with E-state index in [4.69, 9.17) is 5.73 Å². The average Bonchev–Trinajstić information content (AvgIpc) is 2.53. The summed E-state index contributed by atoms with van der Waals surface area (Å²) >= 11 is 0. The first kappa shape index (κ1) is 13.9. The zero-order valence-corrected chi connectivity index (χ0v) is 12.0. The van der Waals surface area contributed by atoms with Gasteiger partial charge in [-0.05, 0) is 43.7 Å². The highest BCUT2D eigenvalue weighted by molar-refractivity contribution is 6.04. The van der Waals surface area contributed by atoms with E-state index in [1.54, 1.807) is 18.5 Å². The van der Waals surface area contributed by atoms with Crippen molar-refractivity contribution < 1.29 is 4.79 Å². The molecule has 1 heterocycles. The minimum absolute atomic E-state index is 0.0732. The number of aromatic nitrogens is 2. The Morgan fingerprint density at radius 3 is 2.76 bits per heavy atom. The summed E-state index contributed by atoms with van der Waals surface area (Å²) in [4.78, 5) is 20.9. The molecule has 5 nitrogen and oxygen atoms in total. The predicted molar refractivity (Wildman–Crippen MR) is 81.8 cm³/mol. The van der Waals surface area contributed by atoms with E-state index in [1.165, 1.54) is 0 Å². The van der Waals surface area contributed by atoms with Gasteiger partial charge in [0.15, 0.2) is 0 Å². The number of amides is 1. The van der Waals surface area contributed by atoms with E-state index in [9.17, 15) is 4.79 Å². The lowest BCUT2D eigenvalue weighted by atomic mass is 9.86. The smallest absolute Gasteiger partial charge is 0.253 e. The molecule has 1 aromatic heterocycles. The molecule has 1 saturated carbocycles. The number of nitrogens with one attached hydrogen (secondary N) is 1. The van der Waals surface area contributed by atoms with Crippen LogP contribution in [-0.2, 0) is 0 Å². The Bertz CT molecular complexity index is 630. The molecule has 0 unspecified atom stereocenters. The van der Waals surface area contributed by atoms with Crippen molar-refractivity contribution >= 4 is 16.9 Å². The maximum atomic E-state index is 12.4. The highest BCUT2D eigenvalue weighted by Gasteiger charge is 2.19. The van der Waals surface area contributed by atoms with Gasteiger partial charge in [-0.25, -0.2) is 0 Å². The van der Waals surface area contributed by atoms with Crippen LogP contribution in [0.2, 0.25) is 0 Å². The van der Waals surface area contributed by atoms with Crippen LogP contribution in [0.1, 0.15) is 36.0 Å². The van der Waals surface area contributed by atoms with Crippen molar-refractivity contribution in [1.29, 1.82) is 0 Å². The molecule has 2 aromatic rings. The van der Waals surface area contributed by atoms with Crippen molar-refractivity contribution in [2.24, 2.45) is 11.7 Å². The molecule has 3 N–H and O–H groups in total. The molecule has 0 radical (unpaired) electrons. The molecule has 1 fully saturated rings. The third kappa shape index (κ3) is 3.19. The molecule has 0 bridgehead atoms. The normalized spacial score (nSPS) is 22.1. The molecule has 0 spiro atoms. The summed E-state index contributed by atoms with van der Waals surface area (Å²) in [6, 6.07) is 5.83. The Hall–Kier alpha value is -2.01. The largest absolute Gasteiger partial charge is 0.352 e. The van der Waals surface area contributed by atoms with Crippen molar-refractivity contribution in [3.05, 3.63) is 36.2 Å². The summed E-state index contributed by atoms with van der Waals surface area (Å²) in [6.45, 7) is 0.711. The quantitative estimate of drug-likeness (QED) is 0.901. The number of carbonyl (C=O) groups is 1. The summed E-state index contributed by atoms with van der Waals surface area (Å²) in [6.07, 6.45) is 7.55. The Morgan fingerprint density at radius 1 is 1.19 bits per heavy atom. The van der Waals surface area contributed by atoms with Gasteiger partial charge in [0.25, 0.3) is 5.91 Å². The topological polar surface area (TPSA) is 80.9 Å². The summed E-state index contributed by atoms with van der Waals surface area (Å²) in [5.41, 5.74) is 7.89. The van der Waals surface area contributed by atoms with Crippen LogP contribution in [0.3, 0.4) is 0 Å². The first-order chi connectivity index (χ1) is 10.2. The fourth-order valence-corrected chi connectivity index (χ4v) is 2.90. The van der Waals surface area contributed by atoms with E-state index in [0.29, 0.717) is 29.6 Å². The van der Waals surface area contributed by atoms with E-state index in [0.717, 1.165) is 31.2 Å². The molecule has 3 rings (SSSR count). The molecule has 0 atom stereocenters. The number of carbonyl (C=O) groups excluding carboxylic acids is 1. The molecule has 1 aliphatic rings. The first-order valence-corrected chi connectivity index (χ1v) is 7.47. The molecule has 0 saturated heterocycles. The van der Waals surface area contributed by atoms with E-state index in [1.807, 2.05) is 12.1 Å². The molecule has 0 aliphatic heterocycles. The zero-order valence-electron chi connectivity index (χ0n) is 12.0. The van der Waals surface area contributed by atoms with Crippen molar-refractivity contribution in [3.63, 3.8) is 0 Å². The number of hydrogen-bond acceptors (Lipinski definition) is 4. The van der Waals surface area contributed by atoms with Gasteiger partial charge in [-0.15, -0.1) is 0 Å². The van der Waals surface area contributed by atoms with Gasteiger partial charge in [0.2, 0.25) is 0 Å². The van der Waals surface area contributed by atoms with Crippen LogP contribution in [0.15, 0.2) is 30.6 Å². The fourth-order valence-electron chi connectivity index (χ4n) is 2.90. The van der Waals surface area contributed by atoms with Crippen molar-refractivity contribution in [1.82, 2.24) is 15.3 Å². The number of benzene rings is 1. The molecular weight excluding hydrogens is 264 g/mol. The lowest BCUT2D eigenvalue weighted by molar-refractivity contribution is 0.0944. The average molecular weight is 284 g/mol. The predicted octanol–water partition coefficient (Wildman–Crippen LogP) is 1.88. The van der Waals surface area contributed by atoms with Gasteiger partial charge < -0.3 is 11.1 Å². The molecule has 110 valence electrons. The molecule has 1 aliphatic carbocycles. The Morgan fingerprint density at radius 2 is 1.95 bits per heavy atom. The van der Waals surface area contributed by atoms with Gasteiger partial charge >= 0.3 is 0 Å². The van der Waals surface area contributed by atoms with Gasteiger partial charge in [0.05, 0.1) is 11.1 Å². The summed E-state index contributed by atoms with van der Waals surface area (Å²) in [5, 5.41) is 3.03. The SMILES string of the molecule is NC1CCC(CNC(=O)c2cccc3nccnc23)CC1. The van der Waals surface area contributed by atoms with Gasteiger partial charge in [-0.3, -0.25) is 14.8 Å². The second-order valence-corrected chi connectivity index (χ2v) is 5.72. The van der Waals surface area contributed by atoms with Gasteiger partial charge in [0, 0.05) is 25.0 Å². The number of nitrogens with zero attached hydrogens (tertiary/aromatic N) is 2. The van der Waals surface area contributed by atoms with Crippen molar-refractivity contribution in [2.45, 2.75) is 31.7 Å². The van der Waals surface area contributed by atoms with Gasteiger partial charge in [0.1, 0.15) is 5.52 Å². The lowest BCUT2D eigenvalue weighted by Crippen LogP contribution is -2.34. The highest BCUT2D eigenvalue weighted by atomic mass is 16.1. The van der Waals surface area contributed by atoms with Gasteiger partial charge in [-0.1, -0.05) is 6.07 Å². The number of hydrogen-bond donors (Lipinski definition) is 2. The van der Waals surface area contributed by atoms with Crippen LogP contribution in [-0.4, -0.2) is 28.5 Å². The standard InChI is InChI=1S/C16H20N4O/c17-12-6-4-11(5-7-12)10-20-16(21)13-2-1-3-14-15(13)19-9-8-18-14/h1-3,8-9,11-12H,4-7,10,17H2,(H,20,21). The monoisotopic (exact) mass is 284 g/mol. The lowest BCUT2D eigenvalue weighted by Gasteiger charge is -2.26. The van der Waals surface area contributed by atoms with Crippen LogP contribution < -0.4 is 11.1 Å².